The lowest BCUT2D eigenvalue weighted by Crippen LogP contribution is -2.32. The fourth-order valence-electron chi connectivity index (χ4n) is 1.68. The van der Waals surface area contributed by atoms with E-state index in [4.69, 9.17) is 4.74 Å². The number of likely N-dealkylation sites (N-methyl/N-ethyl adjacent to an activating group) is 1. The molecule has 0 aliphatic carbocycles. The molecule has 0 bridgehead atoms. The Kier molecular flexibility index (Phi) is 12.9. The van der Waals surface area contributed by atoms with E-state index >= 15 is 0 Å². The van der Waals surface area contributed by atoms with Crippen LogP contribution in [0.15, 0.2) is 0 Å². The van der Waals surface area contributed by atoms with E-state index in [1.54, 1.807) is 0 Å². The third-order valence-electron chi connectivity index (χ3n) is 2.94. The van der Waals surface area contributed by atoms with Gasteiger partial charge in [0.2, 0.25) is 0 Å². The standard InChI is InChI=1S/C9H20.C5H11NO/c1-3-5-7-9-8-6-4-2;1-6-2-4-7-5-3-6/h3-9H2,1-2H3;2-5H2,1H3. The summed E-state index contributed by atoms with van der Waals surface area (Å²) in [6.07, 6.45) is 9.97. The van der Waals surface area contributed by atoms with Crippen molar-refractivity contribution in [3.8, 4) is 0 Å². The molecule has 1 fully saturated rings. The molecule has 0 aromatic carbocycles. The van der Waals surface area contributed by atoms with Gasteiger partial charge in [-0.3, -0.25) is 0 Å². The van der Waals surface area contributed by atoms with E-state index in [2.05, 4.69) is 25.8 Å². The summed E-state index contributed by atoms with van der Waals surface area (Å²) in [4.78, 5) is 2.27. The van der Waals surface area contributed by atoms with Crippen molar-refractivity contribution in [2.45, 2.75) is 58.8 Å². The monoisotopic (exact) mass is 229 g/mol. The van der Waals surface area contributed by atoms with Crippen LogP contribution in [-0.2, 0) is 4.74 Å². The van der Waals surface area contributed by atoms with Crippen molar-refractivity contribution in [3.05, 3.63) is 0 Å². The summed E-state index contributed by atoms with van der Waals surface area (Å²) >= 11 is 0. The van der Waals surface area contributed by atoms with Crippen LogP contribution in [0.4, 0.5) is 0 Å². The van der Waals surface area contributed by atoms with Crippen molar-refractivity contribution in [1.29, 1.82) is 0 Å². The summed E-state index contributed by atoms with van der Waals surface area (Å²) in [7, 11) is 2.11. The van der Waals surface area contributed by atoms with Crippen molar-refractivity contribution in [3.63, 3.8) is 0 Å². The molecule has 2 heteroatoms. The topological polar surface area (TPSA) is 12.5 Å². The molecule has 0 atom stereocenters. The van der Waals surface area contributed by atoms with E-state index in [0.717, 1.165) is 26.3 Å². The van der Waals surface area contributed by atoms with Crippen LogP contribution in [0.2, 0.25) is 0 Å². The lowest BCUT2D eigenvalue weighted by Gasteiger charge is -2.21. The van der Waals surface area contributed by atoms with Gasteiger partial charge >= 0.3 is 0 Å². The summed E-state index contributed by atoms with van der Waals surface area (Å²) in [5.41, 5.74) is 0. The highest BCUT2D eigenvalue weighted by Crippen LogP contribution is 2.05. The van der Waals surface area contributed by atoms with Gasteiger partial charge in [0.15, 0.2) is 0 Å². The molecule has 16 heavy (non-hydrogen) atoms. The van der Waals surface area contributed by atoms with Crippen molar-refractivity contribution < 1.29 is 4.74 Å². The molecule has 1 aliphatic rings. The maximum absolute atomic E-state index is 5.10. The number of nitrogens with zero attached hydrogens (tertiary/aromatic N) is 1. The molecule has 2 nitrogen and oxygen atoms in total. The minimum atomic E-state index is 0.913. The second-order valence-corrected chi connectivity index (χ2v) is 4.68. The Hall–Kier alpha value is -0.0800. The summed E-state index contributed by atoms with van der Waals surface area (Å²) in [6, 6.07) is 0. The highest BCUT2D eigenvalue weighted by Gasteiger charge is 2.02. The smallest absolute Gasteiger partial charge is 0.0594 e. The SMILES string of the molecule is CCCCCCCCC.CN1CCOCC1. The number of rotatable bonds is 6. The van der Waals surface area contributed by atoms with Crippen LogP contribution in [0.3, 0.4) is 0 Å². The Morgan fingerprint density at radius 1 is 0.812 bits per heavy atom. The first kappa shape index (κ1) is 15.9. The van der Waals surface area contributed by atoms with Crippen LogP contribution in [0.1, 0.15) is 58.8 Å². The van der Waals surface area contributed by atoms with Crippen molar-refractivity contribution in [2.24, 2.45) is 0 Å². The number of ether oxygens (including phenoxy) is 1. The number of unbranched alkanes of at least 4 members (excludes halogenated alkanes) is 6. The Morgan fingerprint density at radius 2 is 1.25 bits per heavy atom. The zero-order valence-corrected chi connectivity index (χ0v) is 11.6. The second-order valence-electron chi connectivity index (χ2n) is 4.68. The fraction of sp³-hybridized carbons (Fsp3) is 1.00. The molecule has 98 valence electrons. The molecular weight excluding hydrogens is 198 g/mol. The molecule has 1 rings (SSSR count). The normalized spacial score (nSPS) is 16.7. The van der Waals surface area contributed by atoms with Gasteiger partial charge in [0, 0.05) is 13.1 Å². The first-order valence-corrected chi connectivity index (χ1v) is 7.07. The molecule has 1 aliphatic heterocycles. The van der Waals surface area contributed by atoms with E-state index < -0.39 is 0 Å². The lowest BCUT2D eigenvalue weighted by molar-refractivity contribution is 0.0503. The third kappa shape index (κ3) is 12.0. The van der Waals surface area contributed by atoms with Crippen molar-refractivity contribution in [2.75, 3.05) is 33.4 Å². The first-order chi connectivity index (χ1) is 7.81. The van der Waals surface area contributed by atoms with E-state index in [9.17, 15) is 0 Å². The van der Waals surface area contributed by atoms with E-state index in [-0.39, 0.29) is 0 Å². The third-order valence-corrected chi connectivity index (χ3v) is 2.94. The van der Waals surface area contributed by atoms with E-state index in [1.807, 2.05) is 0 Å². The summed E-state index contributed by atoms with van der Waals surface area (Å²) < 4.78 is 5.10. The average Bonchev–Trinajstić information content (AvgIpc) is 2.31. The van der Waals surface area contributed by atoms with Crippen LogP contribution in [0.25, 0.3) is 0 Å². The number of morpholine rings is 1. The highest BCUT2D eigenvalue weighted by atomic mass is 16.5. The van der Waals surface area contributed by atoms with Crippen molar-refractivity contribution in [1.82, 2.24) is 4.90 Å². The molecule has 0 aromatic heterocycles. The van der Waals surface area contributed by atoms with Gasteiger partial charge in [-0.2, -0.15) is 0 Å². The predicted octanol–water partition coefficient (Wildman–Crippen LogP) is 3.71. The summed E-state index contributed by atoms with van der Waals surface area (Å²) in [5, 5.41) is 0. The molecular formula is C14H31NO. The fourth-order valence-corrected chi connectivity index (χ4v) is 1.68. The minimum absolute atomic E-state index is 0.913. The Bertz CT molecular complexity index is 116. The van der Waals surface area contributed by atoms with Gasteiger partial charge in [-0.25, -0.2) is 0 Å². The molecule has 0 radical (unpaired) electrons. The van der Waals surface area contributed by atoms with Gasteiger partial charge in [0.25, 0.3) is 0 Å². The molecule has 0 unspecified atom stereocenters. The maximum Gasteiger partial charge on any atom is 0.0594 e. The van der Waals surface area contributed by atoms with Crippen LogP contribution in [0, 0.1) is 0 Å². The quantitative estimate of drug-likeness (QED) is 0.644. The summed E-state index contributed by atoms with van der Waals surface area (Å²) in [5.74, 6) is 0. The number of hydrogen-bond donors (Lipinski definition) is 0. The van der Waals surface area contributed by atoms with Gasteiger partial charge in [-0.1, -0.05) is 58.8 Å². The van der Waals surface area contributed by atoms with Crippen molar-refractivity contribution >= 4 is 0 Å². The van der Waals surface area contributed by atoms with Crippen LogP contribution < -0.4 is 0 Å². The van der Waals surface area contributed by atoms with Gasteiger partial charge < -0.3 is 9.64 Å². The zero-order chi connectivity index (χ0) is 12.1. The second kappa shape index (κ2) is 13.0. The number of hydrogen-bond acceptors (Lipinski definition) is 2. The Morgan fingerprint density at radius 3 is 1.56 bits per heavy atom. The first-order valence-electron chi connectivity index (χ1n) is 7.07. The van der Waals surface area contributed by atoms with Gasteiger partial charge in [-0.15, -0.1) is 0 Å². The Labute approximate surface area is 102 Å². The van der Waals surface area contributed by atoms with Gasteiger partial charge in [-0.05, 0) is 7.05 Å². The van der Waals surface area contributed by atoms with E-state index in [1.165, 1.54) is 44.9 Å². The van der Waals surface area contributed by atoms with Gasteiger partial charge in [0.1, 0.15) is 0 Å². The highest BCUT2D eigenvalue weighted by molar-refractivity contribution is 4.53. The lowest BCUT2D eigenvalue weighted by atomic mass is 10.1. The predicted molar refractivity (Wildman–Crippen MR) is 72.0 cm³/mol. The van der Waals surface area contributed by atoms with Crippen LogP contribution in [0.5, 0.6) is 0 Å². The molecule has 0 saturated carbocycles. The largest absolute Gasteiger partial charge is 0.379 e. The van der Waals surface area contributed by atoms with E-state index in [0.29, 0.717) is 0 Å². The average molecular weight is 229 g/mol. The molecule has 0 spiro atoms. The minimum Gasteiger partial charge on any atom is -0.379 e. The zero-order valence-electron chi connectivity index (χ0n) is 11.6. The molecule has 0 N–H and O–H groups in total. The molecule has 1 heterocycles. The van der Waals surface area contributed by atoms with Crippen LogP contribution >= 0.6 is 0 Å². The molecule has 1 saturated heterocycles. The maximum atomic E-state index is 5.10. The van der Waals surface area contributed by atoms with Gasteiger partial charge in [0.05, 0.1) is 13.2 Å². The Balaban J connectivity index is 0.000000288. The molecule has 0 amide bonds. The molecule has 0 aromatic rings. The summed E-state index contributed by atoms with van der Waals surface area (Å²) in [6.45, 7) is 8.55. The van der Waals surface area contributed by atoms with Crippen LogP contribution in [-0.4, -0.2) is 38.3 Å².